The highest BCUT2D eigenvalue weighted by Crippen LogP contribution is 2.39. The van der Waals surface area contributed by atoms with E-state index in [4.69, 9.17) is 16.3 Å². The normalized spacial score (nSPS) is 24.4. The van der Waals surface area contributed by atoms with E-state index >= 15 is 0 Å². The lowest BCUT2D eigenvalue weighted by Crippen LogP contribution is -2.33. The highest BCUT2D eigenvalue weighted by Gasteiger charge is 2.34. The highest BCUT2D eigenvalue weighted by atomic mass is 35.5. The molecule has 3 rings (SSSR count). The van der Waals surface area contributed by atoms with Crippen molar-refractivity contribution in [3.63, 3.8) is 0 Å². The Bertz CT molecular complexity index is 602. The van der Waals surface area contributed by atoms with Crippen LogP contribution in [0.2, 0.25) is 0 Å². The summed E-state index contributed by atoms with van der Waals surface area (Å²) < 4.78 is 7.56. The first-order valence-electron chi connectivity index (χ1n) is 6.61. The molecule has 0 spiro atoms. The smallest absolute Gasteiger partial charge is 0.160 e. The first-order chi connectivity index (χ1) is 9.10. The topological polar surface area (TPSA) is 39.9 Å². The van der Waals surface area contributed by atoms with Crippen LogP contribution in [-0.4, -0.2) is 27.7 Å². The fraction of sp³-hybridized carbons (Fsp3) is 0.571. The number of methoxy groups -OCH3 is 1. The van der Waals surface area contributed by atoms with E-state index < -0.39 is 0 Å². The number of hydrogen-bond acceptors (Lipinski definition) is 3. The molecule has 0 N–H and O–H groups in total. The zero-order valence-electron chi connectivity index (χ0n) is 11.4. The van der Waals surface area contributed by atoms with E-state index in [0.717, 1.165) is 35.4 Å². The molecule has 0 saturated heterocycles. The van der Waals surface area contributed by atoms with Crippen molar-refractivity contribution in [2.24, 2.45) is 0 Å². The number of aromatic nitrogens is 3. The van der Waals surface area contributed by atoms with Gasteiger partial charge in [-0.15, -0.1) is 11.6 Å². The predicted octanol–water partition coefficient (Wildman–Crippen LogP) is 3.39. The third-order valence-electron chi connectivity index (χ3n) is 3.82. The van der Waals surface area contributed by atoms with Crippen LogP contribution in [0.5, 0.6) is 0 Å². The molecule has 5 heteroatoms. The van der Waals surface area contributed by atoms with Crippen molar-refractivity contribution in [2.45, 2.75) is 44.2 Å². The standard InChI is InChI=1S/C14H18ClN3O/c1-8-4-12-14(16-7-8)18(13(17-12)9(2)15)10-5-11(6-10)19-3/h4,7,9-11H,5-6H2,1-3H3. The molecule has 2 heterocycles. The zero-order valence-corrected chi connectivity index (χ0v) is 12.2. The fourth-order valence-corrected chi connectivity index (χ4v) is 2.84. The number of pyridine rings is 1. The number of alkyl halides is 1. The van der Waals surface area contributed by atoms with Gasteiger partial charge in [-0.1, -0.05) is 0 Å². The molecule has 0 aliphatic heterocycles. The molecule has 1 saturated carbocycles. The van der Waals surface area contributed by atoms with Gasteiger partial charge in [0, 0.05) is 19.3 Å². The monoisotopic (exact) mass is 279 g/mol. The second-order valence-corrected chi connectivity index (χ2v) is 5.95. The quantitative estimate of drug-likeness (QED) is 0.809. The average molecular weight is 280 g/mol. The van der Waals surface area contributed by atoms with E-state index in [2.05, 4.69) is 20.6 Å². The molecule has 1 atom stereocenters. The van der Waals surface area contributed by atoms with Crippen molar-refractivity contribution < 1.29 is 4.74 Å². The summed E-state index contributed by atoms with van der Waals surface area (Å²) in [7, 11) is 1.76. The number of aryl methyl sites for hydroxylation is 1. The Labute approximate surface area is 117 Å². The Morgan fingerprint density at radius 1 is 1.47 bits per heavy atom. The van der Waals surface area contributed by atoms with E-state index in [-0.39, 0.29) is 5.38 Å². The number of halogens is 1. The number of fused-ring (bicyclic) bond motifs is 1. The predicted molar refractivity (Wildman–Crippen MR) is 75.6 cm³/mol. The van der Waals surface area contributed by atoms with Crippen LogP contribution in [0, 0.1) is 6.92 Å². The molecule has 19 heavy (non-hydrogen) atoms. The Balaban J connectivity index is 2.07. The SMILES string of the molecule is COC1CC(n2c(C(C)Cl)nc3cc(C)cnc32)C1. The van der Waals surface area contributed by atoms with Crippen LogP contribution < -0.4 is 0 Å². The molecule has 0 amide bonds. The van der Waals surface area contributed by atoms with E-state index in [9.17, 15) is 0 Å². The summed E-state index contributed by atoms with van der Waals surface area (Å²) in [6, 6.07) is 2.47. The summed E-state index contributed by atoms with van der Waals surface area (Å²) in [6.45, 7) is 3.98. The van der Waals surface area contributed by atoms with Gasteiger partial charge in [0.25, 0.3) is 0 Å². The lowest BCUT2D eigenvalue weighted by Gasteiger charge is -2.36. The van der Waals surface area contributed by atoms with Crippen molar-refractivity contribution in [3.8, 4) is 0 Å². The maximum Gasteiger partial charge on any atom is 0.160 e. The van der Waals surface area contributed by atoms with E-state index in [1.54, 1.807) is 7.11 Å². The minimum absolute atomic E-state index is 0.115. The number of hydrogen-bond donors (Lipinski definition) is 0. The molecule has 2 aromatic rings. The van der Waals surface area contributed by atoms with Crippen LogP contribution in [-0.2, 0) is 4.74 Å². The van der Waals surface area contributed by atoms with Crippen molar-refractivity contribution >= 4 is 22.8 Å². The van der Waals surface area contributed by atoms with E-state index in [0.29, 0.717) is 12.1 Å². The van der Waals surface area contributed by atoms with Gasteiger partial charge in [-0.3, -0.25) is 0 Å². The van der Waals surface area contributed by atoms with Crippen molar-refractivity contribution in [1.29, 1.82) is 0 Å². The Kier molecular flexibility index (Phi) is 3.23. The van der Waals surface area contributed by atoms with Crippen LogP contribution in [0.4, 0.5) is 0 Å². The van der Waals surface area contributed by atoms with Gasteiger partial charge in [0.15, 0.2) is 5.65 Å². The molecular formula is C14H18ClN3O. The highest BCUT2D eigenvalue weighted by molar-refractivity contribution is 6.20. The summed E-state index contributed by atoms with van der Waals surface area (Å²) >= 11 is 6.27. The largest absolute Gasteiger partial charge is 0.381 e. The van der Waals surface area contributed by atoms with Crippen LogP contribution in [0.1, 0.15) is 42.6 Å². The lowest BCUT2D eigenvalue weighted by molar-refractivity contribution is 0.00643. The van der Waals surface area contributed by atoms with Crippen molar-refractivity contribution in [3.05, 3.63) is 23.7 Å². The van der Waals surface area contributed by atoms with Gasteiger partial charge in [-0.2, -0.15) is 0 Å². The molecule has 0 radical (unpaired) electrons. The summed E-state index contributed by atoms with van der Waals surface area (Å²) in [5, 5.41) is -0.115. The van der Waals surface area contributed by atoms with Gasteiger partial charge >= 0.3 is 0 Å². The average Bonchev–Trinajstić information content (AvgIpc) is 2.66. The molecule has 1 unspecified atom stereocenters. The van der Waals surface area contributed by atoms with Crippen molar-refractivity contribution in [1.82, 2.24) is 14.5 Å². The third-order valence-corrected chi connectivity index (χ3v) is 4.01. The van der Waals surface area contributed by atoms with Crippen LogP contribution in [0.3, 0.4) is 0 Å². The summed E-state index contributed by atoms with van der Waals surface area (Å²) in [5.74, 6) is 0.911. The van der Waals surface area contributed by atoms with E-state index in [1.807, 2.05) is 20.0 Å². The Morgan fingerprint density at radius 2 is 2.21 bits per heavy atom. The second kappa shape index (κ2) is 4.76. The minimum atomic E-state index is -0.115. The minimum Gasteiger partial charge on any atom is -0.381 e. The lowest BCUT2D eigenvalue weighted by atomic mass is 9.89. The van der Waals surface area contributed by atoms with Crippen LogP contribution >= 0.6 is 11.6 Å². The van der Waals surface area contributed by atoms with E-state index in [1.165, 1.54) is 0 Å². The summed E-state index contributed by atoms with van der Waals surface area (Å²) in [6.07, 6.45) is 4.25. The van der Waals surface area contributed by atoms with Crippen LogP contribution in [0.25, 0.3) is 11.2 Å². The van der Waals surface area contributed by atoms with Gasteiger partial charge in [0.05, 0.1) is 11.5 Å². The number of ether oxygens (including phenoxy) is 1. The summed E-state index contributed by atoms with van der Waals surface area (Å²) in [5.41, 5.74) is 2.99. The maximum absolute atomic E-state index is 6.27. The number of nitrogens with zero attached hydrogens (tertiary/aromatic N) is 3. The molecule has 1 fully saturated rings. The fourth-order valence-electron chi connectivity index (χ4n) is 2.68. The number of rotatable bonds is 3. The molecule has 1 aliphatic rings. The third kappa shape index (κ3) is 2.13. The van der Waals surface area contributed by atoms with Gasteiger partial charge < -0.3 is 9.30 Å². The molecule has 1 aliphatic carbocycles. The first-order valence-corrected chi connectivity index (χ1v) is 7.05. The maximum atomic E-state index is 6.27. The summed E-state index contributed by atoms with van der Waals surface area (Å²) in [4.78, 5) is 9.19. The molecular weight excluding hydrogens is 262 g/mol. The molecule has 0 aromatic carbocycles. The van der Waals surface area contributed by atoms with Gasteiger partial charge in [-0.25, -0.2) is 9.97 Å². The molecule has 0 bridgehead atoms. The zero-order chi connectivity index (χ0) is 13.6. The number of imidazole rings is 1. The Hall–Kier alpha value is -1.13. The Morgan fingerprint density at radius 3 is 2.84 bits per heavy atom. The molecule has 102 valence electrons. The van der Waals surface area contributed by atoms with Crippen LogP contribution in [0.15, 0.2) is 12.3 Å². The van der Waals surface area contributed by atoms with Crippen molar-refractivity contribution in [2.75, 3.05) is 7.11 Å². The van der Waals surface area contributed by atoms with Gasteiger partial charge in [0.1, 0.15) is 11.3 Å². The van der Waals surface area contributed by atoms with Gasteiger partial charge in [0.2, 0.25) is 0 Å². The molecule has 2 aromatic heterocycles. The second-order valence-electron chi connectivity index (χ2n) is 5.29. The molecule has 4 nitrogen and oxygen atoms in total. The van der Waals surface area contributed by atoms with Gasteiger partial charge in [-0.05, 0) is 38.3 Å². The first kappa shape index (κ1) is 12.9.